The number of methoxy groups -OCH3 is 1. The fraction of sp³-hybridized carbons (Fsp3) is 0.778. The smallest absolute Gasteiger partial charge is 0.359 e. The van der Waals surface area contributed by atoms with Gasteiger partial charge in [0, 0.05) is 13.2 Å². The molecule has 14 nitrogen and oxygen atoms in total. The number of hydrogen-bond donors (Lipinski definition) is 5. The van der Waals surface area contributed by atoms with Gasteiger partial charge in [0.15, 0.2) is 28.6 Å². The van der Waals surface area contributed by atoms with E-state index in [1.807, 2.05) is 0 Å². The second kappa shape index (κ2) is 9.88. The molecule has 0 spiro atoms. The summed E-state index contributed by atoms with van der Waals surface area (Å²) < 4.78 is 29.1. The van der Waals surface area contributed by atoms with Crippen LogP contribution in [0.2, 0.25) is 5.28 Å². The van der Waals surface area contributed by atoms with Gasteiger partial charge in [-0.1, -0.05) is 18.1 Å². The lowest BCUT2D eigenvalue weighted by atomic mass is 10.1. The summed E-state index contributed by atoms with van der Waals surface area (Å²) in [5, 5.41) is 30.6. The number of hydrogen-bond acceptors (Lipinski definition) is 11. The second-order valence-corrected chi connectivity index (χ2v) is 11.1. The summed E-state index contributed by atoms with van der Waals surface area (Å²) >= 11 is 6.12. The molecule has 1 saturated heterocycles. The molecular weight excluding hydrogens is 495 g/mol. The van der Waals surface area contributed by atoms with Crippen molar-refractivity contribution in [1.29, 1.82) is 0 Å². The van der Waals surface area contributed by atoms with Crippen LogP contribution in [0.5, 0.6) is 0 Å². The minimum Gasteiger partial charge on any atom is -0.387 e. The number of anilines is 1. The molecule has 2 aromatic rings. The van der Waals surface area contributed by atoms with Gasteiger partial charge >= 0.3 is 7.60 Å². The second-order valence-electron chi connectivity index (χ2n) is 8.68. The Labute approximate surface area is 199 Å². The molecule has 5 atom stereocenters. The molecule has 0 bridgehead atoms. The van der Waals surface area contributed by atoms with Gasteiger partial charge in [-0.3, -0.25) is 4.57 Å². The van der Waals surface area contributed by atoms with Crippen LogP contribution in [-0.4, -0.2) is 95.0 Å². The van der Waals surface area contributed by atoms with Crippen molar-refractivity contribution in [2.24, 2.45) is 0 Å². The molecule has 0 amide bonds. The third kappa shape index (κ3) is 4.92. The van der Waals surface area contributed by atoms with Crippen LogP contribution in [0.25, 0.3) is 11.2 Å². The van der Waals surface area contributed by atoms with E-state index in [-0.39, 0.29) is 17.0 Å². The Morgan fingerprint density at radius 3 is 2.62 bits per heavy atom. The average Bonchev–Trinajstić information content (AvgIpc) is 3.48. The van der Waals surface area contributed by atoms with Crippen LogP contribution in [0.4, 0.5) is 5.82 Å². The lowest BCUT2D eigenvalue weighted by Crippen LogP contribution is -2.40. The first-order valence-electron chi connectivity index (χ1n) is 10.8. The van der Waals surface area contributed by atoms with E-state index in [1.165, 1.54) is 18.7 Å². The van der Waals surface area contributed by atoms with E-state index < -0.39 is 50.7 Å². The molecule has 1 unspecified atom stereocenters. The van der Waals surface area contributed by atoms with Gasteiger partial charge in [0.25, 0.3) is 0 Å². The number of halogens is 1. The fourth-order valence-electron chi connectivity index (χ4n) is 4.15. The summed E-state index contributed by atoms with van der Waals surface area (Å²) in [6.07, 6.45) is -1.03. The highest BCUT2D eigenvalue weighted by molar-refractivity contribution is 7.53. The van der Waals surface area contributed by atoms with Crippen molar-refractivity contribution < 1.29 is 38.8 Å². The number of ether oxygens (including phenoxy) is 3. The third-order valence-corrected chi connectivity index (χ3v) is 7.82. The lowest BCUT2D eigenvalue weighted by molar-refractivity contribution is -0.108. The average molecular weight is 523 g/mol. The van der Waals surface area contributed by atoms with Gasteiger partial charge in [-0.15, -0.1) is 5.10 Å². The Bertz CT molecular complexity index is 1060. The Hall–Kier alpha value is -1.48. The number of aliphatic hydroxyl groups excluding tert-OH is 2. The fourth-order valence-corrected chi connectivity index (χ4v) is 4.85. The molecule has 34 heavy (non-hydrogen) atoms. The van der Waals surface area contributed by atoms with E-state index in [0.717, 1.165) is 25.7 Å². The van der Waals surface area contributed by atoms with Crippen LogP contribution < -0.4 is 5.32 Å². The van der Waals surface area contributed by atoms with Crippen LogP contribution in [-0.2, 0) is 18.8 Å². The summed E-state index contributed by atoms with van der Waals surface area (Å²) in [5.41, 5.74) is 0.521. The predicted molar refractivity (Wildman–Crippen MR) is 118 cm³/mol. The summed E-state index contributed by atoms with van der Waals surface area (Å²) in [7, 11) is -3.45. The number of rotatable bonds is 9. The molecule has 3 heterocycles. The van der Waals surface area contributed by atoms with Crippen molar-refractivity contribution in [1.82, 2.24) is 25.0 Å². The standard InChI is InChI=1S/C18H28ClN6O8P/c1-18(8-31-2,34(28,29)30)32-7-10-12(26)13(27)16(33-10)25-15-11(23-24-25)14(21-17(19)22-15)20-9-5-3-4-6-9/h9-10,12-13,16,26-27H,3-8H2,1-2H3,(H,20,21,22)(H2,28,29,30)/t10-,12-,13-,16-,18?/m1/s1. The first-order valence-corrected chi connectivity index (χ1v) is 12.8. The largest absolute Gasteiger partial charge is 0.387 e. The number of nitrogens with one attached hydrogen (secondary N) is 1. The molecule has 190 valence electrons. The molecule has 4 rings (SSSR count). The molecule has 2 aliphatic rings. The highest BCUT2D eigenvalue weighted by Gasteiger charge is 2.49. The van der Waals surface area contributed by atoms with E-state index in [9.17, 15) is 24.6 Å². The summed E-state index contributed by atoms with van der Waals surface area (Å²) in [4.78, 5) is 27.7. The van der Waals surface area contributed by atoms with Gasteiger partial charge in [0.05, 0.1) is 13.2 Å². The molecule has 0 aromatic carbocycles. The zero-order chi connectivity index (χ0) is 24.7. The van der Waals surface area contributed by atoms with E-state index in [1.54, 1.807) is 0 Å². The number of aliphatic hydroxyl groups is 2. The van der Waals surface area contributed by atoms with Crippen LogP contribution in [0.3, 0.4) is 0 Å². The van der Waals surface area contributed by atoms with Crippen molar-refractivity contribution in [3.8, 4) is 0 Å². The Morgan fingerprint density at radius 2 is 1.97 bits per heavy atom. The normalized spacial score (nSPS) is 28.0. The van der Waals surface area contributed by atoms with E-state index in [2.05, 4.69) is 25.6 Å². The van der Waals surface area contributed by atoms with E-state index in [4.69, 9.17) is 25.8 Å². The van der Waals surface area contributed by atoms with Crippen molar-refractivity contribution in [2.45, 2.75) is 68.5 Å². The first kappa shape index (κ1) is 25.6. The molecule has 1 saturated carbocycles. The number of aromatic nitrogens is 5. The van der Waals surface area contributed by atoms with Crippen LogP contribution >= 0.6 is 19.2 Å². The van der Waals surface area contributed by atoms with Crippen molar-refractivity contribution >= 4 is 36.2 Å². The van der Waals surface area contributed by atoms with Gasteiger partial charge in [-0.05, 0) is 31.4 Å². The van der Waals surface area contributed by atoms with Crippen molar-refractivity contribution in [3.05, 3.63) is 5.28 Å². The lowest BCUT2D eigenvalue weighted by Gasteiger charge is -2.31. The van der Waals surface area contributed by atoms with Crippen LogP contribution in [0, 0.1) is 0 Å². The van der Waals surface area contributed by atoms with Gasteiger partial charge < -0.3 is 39.5 Å². The zero-order valence-corrected chi connectivity index (χ0v) is 20.3. The first-order chi connectivity index (χ1) is 16.0. The van der Waals surface area contributed by atoms with Gasteiger partial charge in [0.2, 0.25) is 5.28 Å². The van der Waals surface area contributed by atoms with E-state index in [0.29, 0.717) is 11.3 Å². The van der Waals surface area contributed by atoms with Gasteiger partial charge in [0.1, 0.15) is 18.3 Å². The summed E-state index contributed by atoms with van der Waals surface area (Å²) in [6.45, 7) is 0.359. The molecule has 1 aliphatic carbocycles. The maximum Gasteiger partial charge on any atom is 0.359 e. The Morgan fingerprint density at radius 1 is 1.26 bits per heavy atom. The van der Waals surface area contributed by atoms with Gasteiger partial charge in [-0.2, -0.15) is 14.6 Å². The highest BCUT2D eigenvalue weighted by Crippen LogP contribution is 2.51. The molecule has 2 aromatic heterocycles. The van der Waals surface area contributed by atoms with Crippen molar-refractivity contribution in [3.63, 3.8) is 0 Å². The minimum absolute atomic E-state index is 0.0542. The minimum atomic E-state index is -4.73. The summed E-state index contributed by atoms with van der Waals surface area (Å²) in [6, 6.07) is 0.228. The van der Waals surface area contributed by atoms with Crippen molar-refractivity contribution in [2.75, 3.05) is 25.6 Å². The zero-order valence-electron chi connectivity index (χ0n) is 18.6. The number of nitrogens with zero attached hydrogens (tertiary/aromatic N) is 5. The summed E-state index contributed by atoms with van der Waals surface area (Å²) in [5.74, 6) is 0.415. The molecule has 5 N–H and O–H groups in total. The quantitative estimate of drug-likeness (QED) is 0.224. The SMILES string of the molecule is COCC(C)(OC[C@H]1O[C@@H](n2nnc3c(NC4CCCC4)nc(Cl)nc32)[C@H](O)[C@@H]1O)P(=O)(O)O. The molecule has 2 fully saturated rings. The molecular formula is C18H28ClN6O8P. The monoisotopic (exact) mass is 522 g/mol. The molecule has 1 aliphatic heterocycles. The maximum absolute atomic E-state index is 11.9. The van der Waals surface area contributed by atoms with Crippen LogP contribution in [0.15, 0.2) is 0 Å². The predicted octanol–water partition coefficient (Wildman–Crippen LogP) is 0.405. The highest BCUT2D eigenvalue weighted by atomic mass is 35.5. The Balaban J connectivity index is 1.55. The van der Waals surface area contributed by atoms with Crippen LogP contribution in [0.1, 0.15) is 38.8 Å². The van der Waals surface area contributed by atoms with E-state index >= 15 is 0 Å². The molecule has 0 radical (unpaired) electrons. The number of fused-ring (bicyclic) bond motifs is 1. The third-order valence-electron chi connectivity index (χ3n) is 6.16. The topological polar surface area (TPSA) is 194 Å². The maximum atomic E-state index is 11.9. The molecule has 16 heteroatoms. The Kier molecular flexibility index (Phi) is 7.44. The van der Waals surface area contributed by atoms with Gasteiger partial charge in [-0.25, -0.2) is 0 Å².